The molecule has 0 saturated carbocycles. The third kappa shape index (κ3) is 5.30. The Bertz CT molecular complexity index is 710. The van der Waals surface area contributed by atoms with Crippen LogP contribution < -0.4 is 10.6 Å². The SMILES string of the molecule is CSc1ccc(NC(=O)/C(=C/c2ccccc2)NC(C)=O)cc1. The Morgan fingerprint density at radius 2 is 1.65 bits per heavy atom. The molecule has 0 heterocycles. The molecule has 2 aromatic rings. The van der Waals surface area contributed by atoms with Crippen molar-refractivity contribution in [1.82, 2.24) is 5.32 Å². The molecule has 4 nitrogen and oxygen atoms in total. The Morgan fingerprint density at radius 1 is 1.00 bits per heavy atom. The van der Waals surface area contributed by atoms with E-state index in [2.05, 4.69) is 10.6 Å². The van der Waals surface area contributed by atoms with Crippen molar-refractivity contribution in [3.8, 4) is 0 Å². The van der Waals surface area contributed by atoms with E-state index >= 15 is 0 Å². The summed E-state index contributed by atoms with van der Waals surface area (Å²) in [6.45, 7) is 1.37. The zero-order chi connectivity index (χ0) is 16.7. The van der Waals surface area contributed by atoms with Crippen molar-refractivity contribution in [2.75, 3.05) is 11.6 Å². The summed E-state index contributed by atoms with van der Waals surface area (Å²) in [5.41, 5.74) is 1.72. The van der Waals surface area contributed by atoms with Crippen LogP contribution in [-0.2, 0) is 9.59 Å². The minimum Gasteiger partial charge on any atom is -0.322 e. The molecule has 0 aliphatic heterocycles. The lowest BCUT2D eigenvalue weighted by molar-refractivity contribution is -0.120. The van der Waals surface area contributed by atoms with E-state index in [1.165, 1.54) is 6.92 Å². The third-order valence-electron chi connectivity index (χ3n) is 3.01. The summed E-state index contributed by atoms with van der Waals surface area (Å²) >= 11 is 1.63. The van der Waals surface area contributed by atoms with Crippen LogP contribution in [-0.4, -0.2) is 18.1 Å². The number of benzene rings is 2. The van der Waals surface area contributed by atoms with Gasteiger partial charge in [-0.25, -0.2) is 0 Å². The molecular formula is C18H18N2O2S. The van der Waals surface area contributed by atoms with E-state index in [4.69, 9.17) is 0 Å². The molecule has 0 radical (unpaired) electrons. The predicted octanol–water partition coefficient (Wildman–Crippen LogP) is 3.52. The summed E-state index contributed by atoms with van der Waals surface area (Å²) < 4.78 is 0. The van der Waals surface area contributed by atoms with Crippen LogP contribution in [0.1, 0.15) is 12.5 Å². The van der Waals surface area contributed by atoms with Gasteiger partial charge in [0.25, 0.3) is 5.91 Å². The summed E-state index contributed by atoms with van der Waals surface area (Å²) in [5, 5.41) is 5.36. The molecule has 0 bridgehead atoms. The minimum atomic E-state index is -0.360. The lowest BCUT2D eigenvalue weighted by Gasteiger charge is -2.10. The van der Waals surface area contributed by atoms with Crippen LogP contribution in [0.15, 0.2) is 65.2 Å². The third-order valence-corrected chi connectivity index (χ3v) is 3.76. The van der Waals surface area contributed by atoms with Gasteiger partial charge in [-0.05, 0) is 42.2 Å². The van der Waals surface area contributed by atoms with Gasteiger partial charge in [-0.2, -0.15) is 0 Å². The fourth-order valence-corrected chi connectivity index (χ4v) is 2.35. The van der Waals surface area contributed by atoms with Gasteiger partial charge in [0.15, 0.2) is 0 Å². The number of thioether (sulfide) groups is 1. The molecule has 0 spiro atoms. The highest BCUT2D eigenvalue weighted by molar-refractivity contribution is 7.98. The lowest BCUT2D eigenvalue weighted by Crippen LogP contribution is -2.28. The van der Waals surface area contributed by atoms with Gasteiger partial charge < -0.3 is 10.6 Å². The van der Waals surface area contributed by atoms with Crippen molar-refractivity contribution in [1.29, 1.82) is 0 Å². The first-order valence-corrected chi connectivity index (χ1v) is 8.30. The van der Waals surface area contributed by atoms with Gasteiger partial charge in [0, 0.05) is 17.5 Å². The van der Waals surface area contributed by atoms with Crippen molar-refractivity contribution in [2.45, 2.75) is 11.8 Å². The van der Waals surface area contributed by atoms with E-state index in [-0.39, 0.29) is 17.5 Å². The summed E-state index contributed by atoms with van der Waals surface area (Å²) in [4.78, 5) is 24.9. The molecular weight excluding hydrogens is 308 g/mol. The van der Waals surface area contributed by atoms with Crippen LogP contribution in [0.2, 0.25) is 0 Å². The molecule has 0 unspecified atom stereocenters. The minimum absolute atomic E-state index is 0.206. The molecule has 2 amide bonds. The van der Waals surface area contributed by atoms with Gasteiger partial charge >= 0.3 is 0 Å². The maximum absolute atomic E-state index is 12.4. The second-order valence-corrected chi connectivity index (χ2v) is 5.71. The fourth-order valence-electron chi connectivity index (χ4n) is 1.94. The Hall–Kier alpha value is -2.53. The number of hydrogen-bond acceptors (Lipinski definition) is 3. The first-order valence-electron chi connectivity index (χ1n) is 7.08. The summed E-state index contributed by atoms with van der Waals surface area (Å²) in [5.74, 6) is -0.652. The molecule has 0 atom stereocenters. The summed E-state index contributed by atoms with van der Waals surface area (Å²) in [6, 6.07) is 16.9. The van der Waals surface area contributed by atoms with Gasteiger partial charge in [-0.3, -0.25) is 9.59 Å². The van der Waals surface area contributed by atoms with Crippen LogP contribution in [0.3, 0.4) is 0 Å². The zero-order valence-electron chi connectivity index (χ0n) is 13.0. The predicted molar refractivity (Wildman–Crippen MR) is 95.1 cm³/mol. The molecule has 5 heteroatoms. The highest BCUT2D eigenvalue weighted by Gasteiger charge is 2.11. The number of carbonyl (C=O) groups excluding carboxylic acids is 2. The van der Waals surface area contributed by atoms with E-state index in [1.807, 2.05) is 60.9 Å². The van der Waals surface area contributed by atoms with Gasteiger partial charge in [-0.15, -0.1) is 11.8 Å². The normalized spacial score (nSPS) is 11.0. The fraction of sp³-hybridized carbons (Fsp3) is 0.111. The number of rotatable bonds is 5. The molecule has 0 aliphatic rings. The zero-order valence-corrected chi connectivity index (χ0v) is 13.8. The number of anilines is 1. The van der Waals surface area contributed by atoms with Crippen molar-refractivity contribution >= 4 is 35.3 Å². The smallest absolute Gasteiger partial charge is 0.272 e. The maximum atomic E-state index is 12.4. The van der Waals surface area contributed by atoms with Crippen LogP contribution in [0.5, 0.6) is 0 Å². The average Bonchev–Trinajstić information content (AvgIpc) is 2.55. The Labute approximate surface area is 140 Å². The van der Waals surface area contributed by atoms with Crippen molar-refractivity contribution in [3.63, 3.8) is 0 Å². The van der Waals surface area contributed by atoms with E-state index in [9.17, 15) is 9.59 Å². The standard InChI is InChI=1S/C18H18N2O2S/c1-13(21)19-17(12-14-6-4-3-5-7-14)18(22)20-15-8-10-16(23-2)11-9-15/h3-12H,1-2H3,(H,19,21)(H,20,22)/b17-12-. The van der Waals surface area contributed by atoms with Crippen molar-refractivity contribution in [2.24, 2.45) is 0 Å². The second-order valence-electron chi connectivity index (χ2n) is 4.83. The number of amides is 2. The topological polar surface area (TPSA) is 58.2 Å². The number of carbonyl (C=O) groups is 2. The molecule has 0 aliphatic carbocycles. The van der Waals surface area contributed by atoms with E-state index in [0.29, 0.717) is 5.69 Å². The van der Waals surface area contributed by atoms with E-state index in [0.717, 1.165) is 10.5 Å². The largest absolute Gasteiger partial charge is 0.322 e. The average molecular weight is 326 g/mol. The van der Waals surface area contributed by atoms with Crippen LogP contribution in [0.4, 0.5) is 5.69 Å². The first kappa shape index (κ1) is 16.8. The van der Waals surface area contributed by atoms with E-state index in [1.54, 1.807) is 17.8 Å². The summed E-state index contributed by atoms with van der Waals surface area (Å²) in [6.07, 6.45) is 3.64. The highest BCUT2D eigenvalue weighted by atomic mass is 32.2. The van der Waals surface area contributed by atoms with Gasteiger partial charge in [-0.1, -0.05) is 30.3 Å². The monoisotopic (exact) mass is 326 g/mol. The van der Waals surface area contributed by atoms with Crippen molar-refractivity contribution < 1.29 is 9.59 Å². The van der Waals surface area contributed by atoms with Crippen LogP contribution in [0.25, 0.3) is 6.08 Å². The molecule has 118 valence electrons. The summed E-state index contributed by atoms with van der Waals surface area (Å²) in [7, 11) is 0. The quantitative estimate of drug-likeness (QED) is 0.653. The molecule has 2 aromatic carbocycles. The van der Waals surface area contributed by atoms with Gasteiger partial charge in [0.05, 0.1) is 0 Å². The highest BCUT2D eigenvalue weighted by Crippen LogP contribution is 2.18. The van der Waals surface area contributed by atoms with Gasteiger partial charge in [0.1, 0.15) is 5.70 Å². The van der Waals surface area contributed by atoms with Gasteiger partial charge in [0.2, 0.25) is 5.91 Å². The Kier molecular flexibility index (Phi) is 6.00. The molecule has 0 aromatic heterocycles. The van der Waals surface area contributed by atoms with Crippen LogP contribution >= 0.6 is 11.8 Å². The molecule has 23 heavy (non-hydrogen) atoms. The Balaban J connectivity index is 2.19. The first-order chi connectivity index (χ1) is 11.1. The maximum Gasteiger partial charge on any atom is 0.272 e. The second kappa shape index (κ2) is 8.19. The van der Waals surface area contributed by atoms with Crippen LogP contribution in [0, 0.1) is 0 Å². The molecule has 2 rings (SSSR count). The lowest BCUT2D eigenvalue weighted by atomic mass is 10.2. The molecule has 0 saturated heterocycles. The van der Waals surface area contributed by atoms with Crippen molar-refractivity contribution in [3.05, 3.63) is 65.9 Å². The molecule has 0 fully saturated rings. The number of nitrogens with one attached hydrogen (secondary N) is 2. The van der Waals surface area contributed by atoms with E-state index < -0.39 is 0 Å². The Morgan fingerprint density at radius 3 is 2.22 bits per heavy atom. The molecule has 2 N–H and O–H groups in total. The number of hydrogen-bond donors (Lipinski definition) is 2.